The van der Waals surface area contributed by atoms with E-state index >= 15 is 0 Å². The SMILES string of the molecule is NC(C(=O)NC(=O)c1ccccc1)c1ccccc1[N+](=O)[O-]. The number of nitrogens with zero attached hydrogens (tertiary/aromatic N) is 1. The highest BCUT2D eigenvalue weighted by molar-refractivity contribution is 6.06. The predicted molar refractivity (Wildman–Crippen MR) is 78.9 cm³/mol. The Morgan fingerprint density at radius 2 is 1.64 bits per heavy atom. The highest BCUT2D eigenvalue weighted by Gasteiger charge is 2.25. The quantitative estimate of drug-likeness (QED) is 0.656. The number of nitrogens with two attached hydrogens (primary N) is 1. The number of nitro benzene ring substituents is 1. The van der Waals surface area contributed by atoms with Crippen molar-refractivity contribution >= 4 is 17.5 Å². The summed E-state index contributed by atoms with van der Waals surface area (Å²) in [6.07, 6.45) is 0. The number of amides is 2. The fourth-order valence-electron chi connectivity index (χ4n) is 1.91. The molecule has 0 aromatic heterocycles. The van der Waals surface area contributed by atoms with Crippen LogP contribution in [0, 0.1) is 10.1 Å². The Morgan fingerprint density at radius 3 is 2.27 bits per heavy atom. The Morgan fingerprint density at radius 1 is 1.05 bits per heavy atom. The van der Waals surface area contributed by atoms with Crippen molar-refractivity contribution < 1.29 is 14.5 Å². The lowest BCUT2D eigenvalue weighted by Crippen LogP contribution is -2.38. The average molecular weight is 299 g/mol. The van der Waals surface area contributed by atoms with Crippen molar-refractivity contribution in [2.45, 2.75) is 6.04 Å². The largest absolute Gasteiger partial charge is 0.316 e. The Hall–Kier alpha value is -3.06. The van der Waals surface area contributed by atoms with Crippen LogP contribution in [0.3, 0.4) is 0 Å². The van der Waals surface area contributed by atoms with E-state index in [1.165, 1.54) is 24.3 Å². The zero-order valence-electron chi connectivity index (χ0n) is 11.4. The minimum Gasteiger partial charge on any atom is -0.316 e. The van der Waals surface area contributed by atoms with Crippen molar-refractivity contribution in [2.75, 3.05) is 0 Å². The first-order valence-corrected chi connectivity index (χ1v) is 6.40. The van der Waals surface area contributed by atoms with Crippen LogP contribution in [0.4, 0.5) is 5.69 Å². The molecule has 0 aliphatic heterocycles. The lowest BCUT2D eigenvalue weighted by molar-refractivity contribution is -0.385. The molecule has 3 N–H and O–H groups in total. The number of hydrogen-bond acceptors (Lipinski definition) is 5. The van der Waals surface area contributed by atoms with Crippen molar-refractivity contribution in [1.29, 1.82) is 0 Å². The third-order valence-corrected chi connectivity index (χ3v) is 3.02. The van der Waals surface area contributed by atoms with E-state index in [-0.39, 0.29) is 11.3 Å². The van der Waals surface area contributed by atoms with Crippen molar-refractivity contribution in [3.8, 4) is 0 Å². The summed E-state index contributed by atoms with van der Waals surface area (Å²) in [5, 5.41) is 13.1. The molecule has 2 aromatic rings. The van der Waals surface area contributed by atoms with Gasteiger partial charge in [-0.25, -0.2) is 0 Å². The first-order valence-electron chi connectivity index (χ1n) is 6.40. The minimum atomic E-state index is -1.31. The van der Waals surface area contributed by atoms with Crippen LogP contribution in [0.15, 0.2) is 54.6 Å². The molecule has 0 bridgehead atoms. The normalized spacial score (nSPS) is 11.5. The Labute approximate surface area is 125 Å². The molecule has 2 aromatic carbocycles. The molecule has 0 aliphatic carbocycles. The van der Waals surface area contributed by atoms with Gasteiger partial charge in [-0.05, 0) is 12.1 Å². The van der Waals surface area contributed by atoms with Crippen molar-refractivity contribution in [3.63, 3.8) is 0 Å². The molecule has 2 amide bonds. The second-order valence-corrected chi connectivity index (χ2v) is 4.48. The average Bonchev–Trinajstić information content (AvgIpc) is 2.54. The fraction of sp³-hybridized carbons (Fsp3) is 0.0667. The number of benzene rings is 2. The maximum atomic E-state index is 12.0. The lowest BCUT2D eigenvalue weighted by Gasteiger charge is -2.12. The third kappa shape index (κ3) is 3.33. The zero-order valence-corrected chi connectivity index (χ0v) is 11.4. The van der Waals surface area contributed by atoms with Crippen molar-refractivity contribution in [1.82, 2.24) is 5.32 Å². The van der Waals surface area contributed by atoms with Gasteiger partial charge in [0.15, 0.2) is 0 Å². The fourth-order valence-corrected chi connectivity index (χ4v) is 1.91. The summed E-state index contributed by atoms with van der Waals surface area (Å²) in [5.41, 5.74) is 5.81. The van der Waals surface area contributed by atoms with Gasteiger partial charge in [-0.3, -0.25) is 25.0 Å². The monoisotopic (exact) mass is 299 g/mol. The van der Waals surface area contributed by atoms with E-state index in [2.05, 4.69) is 5.32 Å². The summed E-state index contributed by atoms with van der Waals surface area (Å²) >= 11 is 0. The van der Waals surface area contributed by atoms with Gasteiger partial charge in [-0.15, -0.1) is 0 Å². The van der Waals surface area contributed by atoms with E-state index in [1.54, 1.807) is 30.3 Å². The van der Waals surface area contributed by atoms with Crippen LogP contribution >= 0.6 is 0 Å². The van der Waals surface area contributed by atoms with Crippen LogP contribution in [0.25, 0.3) is 0 Å². The number of nitrogens with one attached hydrogen (secondary N) is 1. The topological polar surface area (TPSA) is 115 Å². The van der Waals surface area contributed by atoms with E-state index in [4.69, 9.17) is 5.73 Å². The second-order valence-electron chi connectivity index (χ2n) is 4.48. The molecule has 0 saturated carbocycles. The molecule has 22 heavy (non-hydrogen) atoms. The summed E-state index contributed by atoms with van der Waals surface area (Å²) in [7, 11) is 0. The molecule has 0 radical (unpaired) electrons. The Bertz CT molecular complexity index is 716. The van der Waals surface area contributed by atoms with Gasteiger partial charge in [0.1, 0.15) is 6.04 Å². The first-order chi connectivity index (χ1) is 10.5. The van der Waals surface area contributed by atoms with Gasteiger partial charge in [0.2, 0.25) is 5.91 Å². The van der Waals surface area contributed by atoms with Crippen LogP contribution < -0.4 is 11.1 Å². The maximum Gasteiger partial charge on any atom is 0.274 e. The second kappa shape index (κ2) is 6.59. The number of nitro groups is 1. The predicted octanol–water partition coefficient (Wildman–Crippen LogP) is 1.55. The summed E-state index contributed by atoms with van der Waals surface area (Å²) in [6, 6.07) is 12.5. The maximum absolute atomic E-state index is 12.0. The van der Waals surface area contributed by atoms with Crippen molar-refractivity contribution in [3.05, 3.63) is 75.8 Å². The standard InChI is InChI=1S/C15H13N3O4/c16-13(11-8-4-5-9-12(11)18(21)22)15(20)17-14(19)10-6-2-1-3-7-10/h1-9,13H,16H2,(H,17,19,20). The van der Waals surface area contributed by atoms with Gasteiger partial charge in [-0.1, -0.05) is 36.4 Å². The minimum absolute atomic E-state index is 0.0471. The molecule has 0 aliphatic rings. The van der Waals surface area contributed by atoms with Crippen LogP contribution in [0.5, 0.6) is 0 Å². The molecule has 0 saturated heterocycles. The number of hydrogen-bond donors (Lipinski definition) is 2. The van der Waals surface area contributed by atoms with Crippen LogP contribution in [-0.4, -0.2) is 16.7 Å². The number of rotatable bonds is 4. The van der Waals surface area contributed by atoms with Crippen molar-refractivity contribution in [2.24, 2.45) is 5.73 Å². The van der Waals surface area contributed by atoms with Crippen LogP contribution in [0.1, 0.15) is 22.0 Å². The van der Waals surface area contributed by atoms with E-state index in [1.807, 2.05) is 0 Å². The Balaban J connectivity index is 2.17. The Kier molecular flexibility index (Phi) is 4.60. The summed E-state index contributed by atoms with van der Waals surface area (Å²) < 4.78 is 0. The zero-order chi connectivity index (χ0) is 16.1. The van der Waals surface area contributed by atoms with Gasteiger partial charge in [0.25, 0.3) is 11.6 Å². The number of carbonyl (C=O) groups is 2. The van der Waals surface area contributed by atoms with Gasteiger partial charge in [0, 0.05) is 11.6 Å². The highest BCUT2D eigenvalue weighted by Crippen LogP contribution is 2.23. The molecule has 2 rings (SSSR count). The first kappa shape index (κ1) is 15.3. The summed E-state index contributed by atoms with van der Waals surface area (Å²) in [4.78, 5) is 34.2. The smallest absolute Gasteiger partial charge is 0.274 e. The number of imide groups is 1. The summed E-state index contributed by atoms with van der Waals surface area (Å²) in [6.45, 7) is 0. The van der Waals surface area contributed by atoms with Gasteiger partial charge in [-0.2, -0.15) is 0 Å². The van der Waals surface area contributed by atoms with E-state index in [0.717, 1.165) is 0 Å². The molecule has 0 fully saturated rings. The molecular formula is C15H13N3O4. The number of carbonyl (C=O) groups excluding carboxylic acids is 2. The van der Waals surface area contributed by atoms with E-state index in [0.29, 0.717) is 5.56 Å². The molecule has 1 unspecified atom stereocenters. The molecule has 7 nitrogen and oxygen atoms in total. The number of para-hydroxylation sites is 1. The van der Waals surface area contributed by atoms with Gasteiger partial charge >= 0.3 is 0 Å². The molecule has 1 atom stereocenters. The molecule has 0 spiro atoms. The summed E-state index contributed by atoms with van der Waals surface area (Å²) in [5.74, 6) is -1.41. The molecular weight excluding hydrogens is 286 g/mol. The van der Waals surface area contributed by atoms with Gasteiger partial charge in [0.05, 0.1) is 10.5 Å². The highest BCUT2D eigenvalue weighted by atomic mass is 16.6. The van der Waals surface area contributed by atoms with E-state index < -0.39 is 22.8 Å². The lowest BCUT2D eigenvalue weighted by atomic mass is 10.0. The molecule has 7 heteroatoms. The van der Waals surface area contributed by atoms with Crippen LogP contribution in [-0.2, 0) is 4.79 Å². The third-order valence-electron chi connectivity index (χ3n) is 3.02. The molecule has 112 valence electrons. The van der Waals surface area contributed by atoms with Gasteiger partial charge < -0.3 is 5.73 Å². The van der Waals surface area contributed by atoms with Crippen LogP contribution in [0.2, 0.25) is 0 Å². The van der Waals surface area contributed by atoms with E-state index in [9.17, 15) is 19.7 Å². The molecule has 0 heterocycles.